The lowest BCUT2D eigenvalue weighted by atomic mass is 10.2. The normalized spacial score (nSPS) is 15.5. The summed E-state index contributed by atoms with van der Waals surface area (Å²) >= 11 is 23.2. The zero-order valence-corrected chi connectivity index (χ0v) is 23.2. The first-order valence-electron chi connectivity index (χ1n) is 10.2. The number of hydrogen-bond donors (Lipinski definition) is 1. The summed E-state index contributed by atoms with van der Waals surface area (Å²) in [6, 6.07) is 14.3. The van der Waals surface area contributed by atoms with Gasteiger partial charge in [-0.05, 0) is 88.2 Å². The molecule has 1 N–H and O–H groups in total. The van der Waals surface area contributed by atoms with E-state index in [0.717, 1.165) is 16.7 Å². The second-order valence-corrected chi connectivity index (χ2v) is 10.6. The van der Waals surface area contributed by atoms with Gasteiger partial charge in [0.25, 0.3) is 5.91 Å². The molecular weight excluding hydrogens is 595 g/mol. The predicted octanol–water partition coefficient (Wildman–Crippen LogP) is 8.20. The molecule has 4 rings (SSSR count). The predicted molar refractivity (Wildman–Crippen MR) is 148 cm³/mol. The van der Waals surface area contributed by atoms with Crippen molar-refractivity contribution < 1.29 is 14.3 Å². The number of rotatable bonds is 6. The Bertz CT molecular complexity index is 1380. The van der Waals surface area contributed by atoms with Crippen molar-refractivity contribution in [2.75, 3.05) is 7.11 Å². The summed E-state index contributed by atoms with van der Waals surface area (Å²) in [6.45, 7) is 2.11. The standard InChI is InChI=1S/C25H18BrCl3N2O3S/c1-13-18(28)4-3-5-20(13)30-25-31-24(32)22(35-25)10-14-8-17(26)23(21(9-14)33-2)34-12-15-6-7-16(27)11-19(15)29/h3-11H,12H2,1-2H3,(H,30,31,32)/b22-10+. The highest BCUT2D eigenvalue weighted by Gasteiger charge is 2.24. The second-order valence-electron chi connectivity index (χ2n) is 7.42. The maximum absolute atomic E-state index is 12.6. The minimum Gasteiger partial charge on any atom is -0.493 e. The number of thioether (sulfide) groups is 1. The van der Waals surface area contributed by atoms with Crippen molar-refractivity contribution in [2.24, 2.45) is 4.99 Å². The lowest BCUT2D eigenvalue weighted by molar-refractivity contribution is -0.115. The van der Waals surface area contributed by atoms with E-state index in [0.29, 0.717) is 46.8 Å². The smallest absolute Gasteiger partial charge is 0.264 e. The minimum atomic E-state index is -0.235. The molecule has 0 saturated carbocycles. The third kappa shape index (κ3) is 6.16. The van der Waals surface area contributed by atoms with Crippen LogP contribution in [0.4, 0.5) is 5.69 Å². The summed E-state index contributed by atoms with van der Waals surface area (Å²) < 4.78 is 12.2. The van der Waals surface area contributed by atoms with Gasteiger partial charge in [-0.25, -0.2) is 4.99 Å². The van der Waals surface area contributed by atoms with Crippen LogP contribution in [0.15, 0.2) is 62.9 Å². The van der Waals surface area contributed by atoms with E-state index in [4.69, 9.17) is 44.3 Å². The van der Waals surface area contributed by atoms with Gasteiger partial charge in [0.1, 0.15) is 6.61 Å². The Morgan fingerprint density at radius 1 is 1.11 bits per heavy atom. The summed E-state index contributed by atoms with van der Waals surface area (Å²) in [5.74, 6) is 0.785. The van der Waals surface area contributed by atoms with Crippen LogP contribution in [0.25, 0.3) is 6.08 Å². The van der Waals surface area contributed by atoms with Gasteiger partial charge >= 0.3 is 0 Å². The minimum absolute atomic E-state index is 0.229. The van der Waals surface area contributed by atoms with Gasteiger partial charge in [0.2, 0.25) is 0 Å². The van der Waals surface area contributed by atoms with E-state index in [1.165, 1.54) is 11.8 Å². The molecule has 3 aromatic rings. The third-order valence-electron chi connectivity index (χ3n) is 5.05. The van der Waals surface area contributed by atoms with Gasteiger partial charge in [0.15, 0.2) is 16.7 Å². The van der Waals surface area contributed by atoms with Crippen LogP contribution >= 0.6 is 62.5 Å². The van der Waals surface area contributed by atoms with Crippen molar-refractivity contribution in [3.8, 4) is 11.5 Å². The summed E-state index contributed by atoms with van der Waals surface area (Å²) in [5, 5.41) is 4.97. The first kappa shape index (κ1) is 25.9. The SMILES string of the molecule is COc1cc(/C=C2/SC(=Nc3cccc(Cl)c3C)NC2=O)cc(Br)c1OCc1ccc(Cl)cc1Cl. The van der Waals surface area contributed by atoms with Gasteiger partial charge in [-0.15, -0.1) is 0 Å². The number of nitrogens with zero attached hydrogens (tertiary/aromatic N) is 1. The van der Waals surface area contributed by atoms with Crippen LogP contribution in [0, 0.1) is 6.92 Å². The molecule has 3 aromatic carbocycles. The fourth-order valence-electron chi connectivity index (χ4n) is 3.21. The zero-order valence-electron chi connectivity index (χ0n) is 18.5. The highest BCUT2D eigenvalue weighted by Crippen LogP contribution is 2.39. The molecule has 0 aromatic heterocycles. The number of nitrogens with one attached hydrogen (secondary N) is 1. The van der Waals surface area contributed by atoms with E-state index < -0.39 is 0 Å². The molecule has 1 amide bonds. The molecule has 0 radical (unpaired) electrons. The van der Waals surface area contributed by atoms with Crippen molar-refractivity contribution in [3.63, 3.8) is 0 Å². The van der Waals surface area contributed by atoms with E-state index in [2.05, 4.69) is 26.2 Å². The van der Waals surface area contributed by atoms with Gasteiger partial charge in [-0.2, -0.15) is 0 Å². The van der Waals surface area contributed by atoms with Crippen LogP contribution in [-0.2, 0) is 11.4 Å². The van der Waals surface area contributed by atoms with Crippen LogP contribution in [0.1, 0.15) is 16.7 Å². The Hall–Kier alpha value is -2.16. The van der Waals surface area contributed by atoms with Gasteiger partial charge in [0, 0.05) is 20.6 Å². The van der Waals surface area contributed by atoms with Crippen molar-refractivity contribution in [2.45, 2.75) is 13.5 Å². The Morgan fingerprint density at radius 2 is 1.91 bits per heavy atom. The molecule has 1 aliphatic heterocycles. The number of carbonyl (C=O) groups is 1. The lowest BCUT2D eigenvalue weighted by Crippen LogP contribution is -2.19. The van der Waals surface area contributed by atoms with Gasteiger partial charge in [-0.3, -0.25) is 4.79 Å². The van der Waals surface area contributed by atoms with Gasteiger partial charge < -0.3 is 14.8 Å². The highest BCUT2D eigenvalue weighted by atomic mass is 79.9. The Kier molecular flexibility index (Phi) is 8.34. The maximum atomic E-state index is 12.6. The zero-order chi connectivity index (χ0) is 25.1. The molecule has 10 heteroatoms. The number of benzene rings is 3. The molecule has 180 valence electrons. The maximum Gasteiger partial charge on any atom is 0.264 e. The van der Waals surface area contributed by atoms with E-state index in [-0.39, 0.29) is 12.5 Å². The van der Waals surface area contributed by atoms with E-state index in [1.807, 2.05) is 31.2 Å². The van der Waals surface area contributed by atoms with E-state index >= 15 is 0 Å². The van der Waals surface area contributed by atoms with Crippen molar-refractivity contribution in [3.05, 3.63) is 89.7 Å². The van der Waals surface area contributed by atoms with E-state index in [9.17, 15) is 4.79 Å². The molecule has 0 bridgehead atoms. The number of hydrogen-bond acceptors (Lipinski definition) is 5. The monoisotopic (exact) mass is 610 g/mol. The van der Waals surface area contributed by atoms with Crippen molar-refractivity contribution >= 4 is 85.3 Å². The molecule has 0 aliphatic carbocycles. The van der Waals surface area contributed by atoms with Crippen LogP contribution in [0.2, 0.25) is 15.1 Å². The number of amides is 1. The number of amidine groups is 1. The molecule has 35 heavy (non-hydrogen) atoms. The number of carbonyl (C=O) groups excluding carboxylic acids is 1. The molecule has 5 nitrogen and oxygen atoms in total. The van der Waals surface area contributed by atoms with E-state index in [1.54, 1.807) is 37.5 Å². The Morgan fingerprint density at radius 3 is 2.66 bits per heavy atom. The van der Waals surface area contributed by atoms with Gasteiger partial charge in [0.05, 0.1) is 22.2 Å². The van der Waals surface area contributed by atoms with Crippen LogP contribution < -0.4 is 14.8 Å². The first-order chi connectivity index (χ1) is 16.7. The summed E-state index contributed by atoms with van der Waals surface area (Å²) in [5.41, 5.74) is 3.09. The third-order valence-corrected chi connectivity index (χ3v) is 7.54. The number of halogens is 4. The topological polar surface area (TPSA) is 59.9 Å². The van der Waals surface area contributed by atoms with Crippen molar-refractivity contribution in [1.29, 1.82) is 0 Å². The average molecular weight is 613 g/mol. The summed E-state index contributed by atoms with van der Waals surface area (Å²) in [7, 11) is 1.55. The average Bonchev–Trinajstić information content (AvgIpc) is 3.15. The summed E-state index contributed by atoms with van der Waals surface area (Å²) in [6.07, 6.45) is 1.76. The molecule has 0 atom stereocenters. The molecule has 1 saturated heterocycles. The second kappa shape index (κ2) is 11.3. The van der Waals surface area contributed by atoms with Gasteiger partial charge in [-0.1, -0.05) is 46.9 Å². The number of ether oxygens (including phenoxy) is 2. The fraction of sp³-hybridized carbons (Fsp3) is 0.120. The molecule has 1 heterocycles. The molecule has 0 spiro atoms. The van der Waals surface area contributed by atoms with Crippen molar-refractivity contribution in [1.82, 2.24) is 5.32 Å². The molecule has 0 unspecified atom stereocenters. The first-order valence-corrected chi connectivity index (χ1v) is 13.0. The van der Waals surface area contributed by atoms with Crippen LogP contribution in [-0.4, -0.2) is 18.2 Å². The largest absolute Gasteiger partial charge is 0.493 e. The lowest BCUT2D eigenvalue weighted by Gasteiger charge is -2.14. The number of methoxy groups -OCH3 is 1. The molecular formula is C25H18BrCl3N2O3S. The molecule has 1 aliphatic rings. The van der Waals surface area contributed by atoms with Crippen LogP contribution in [0.3, 0.4) is 0 Å². The number of aliphatic imine (C=N–C) groups is 1. The highest BCUT2D eigenvalue weighted by molar-refractivity contribution is 9.10. The Balaban J connectivity index is 1.55. The fourth-order valence-corrected chi connectivity index (χ4v) is 5.25. The molecule has 1 fully saturated rings. The quantitative estimate of drug-likeness (QED) is 0.285. The Labute approximate surface area is 230 Å². The van der Waals surface area contributed by atoms with Crippen LogP contribution in [0.5, 0.6) is 11.5 Å². The summed E-state index contributed by atoms with van der Waals surface area (Å²) in [4.78, 5) is 17.6.